The number of rotatable bonds is 3. The maximum absolute atomic E-state index is 12.5. The minimum Gasteiger partial charge on any atom is -0.341 e. The fourth-order valence-corrected chi connectivity index (χ4v) is 3.29. The Kier molecular flexibility index (Phi) is 4.74. The molecule has 1 amide bonds. The molecule has 5 nitrogen and oxygen atoms in total. The Morgan fingerprint density at radius 1 is 1.26 bits per heavy atom. The fraction of sp³-hybridized carbons (Fsp3) is 0.500. The van der Waals surface area contributed by atoms with Crippen molar-refractivity contribution >= 4 is 16.7 Å². The van der Waals surface area contributed by atoms with Gasteiger partial charge in [0, 0.05) is 18.5 Å². The summed E-state index contributed by atoms with van der Waals surface area (Å²) in [7, 11) is 0. The molecule has 1 unspecified atom stereocenters. The van der Waals surface area contributed by atoms with Gasteiger partial charge in [-0.1, -0.05) is 31.5 Å². The molecule has 1 aliphatic rings. The van der Waals surface area contributed by atoms with Crippen LogP contribution in [0.1, 0.15) is 32.6 Å². The van der Waals surface area contributed by atoms with E-state index in [4.69, 9.17) is 0 Å². The highest BCUT2D eigenvalue weighted by Gasteiger charge is 2.20. The van der Waals surface area contributed by atoms with Gasteiger partial charge in [-0.05, 0) is 31.2 Å². The van der Waals surface area contributed by atoms with Gasteiger partial charge >= 0.3 is 0 Å². The molecular weight excluding hydrogens is 290 g/mol. The Labute approximate surface area is 135 Å². The van der Waals surface area contributed by atoms with E-state index >= 15 is 0 Å². The molecule has 122 valence electrons. The highest BCUT2D eigenvalue weighted by molar-refractivity contribution is 5.81. The van der Waals surface area contributed by atoms with E-state index in [1.807, 2.05) is 23.1 Å². The third-order valence-corrected chi connectivity index (χ3v) is 4.82. The summed E-state index contributed by atoms with van der Waals surface area (Å²) in [6.07, 6.45) is 6.12. The highest BCUT2D eigenvalue weighted by Crippen LogP contribution is 2.20. The van der Waals surface area contributed by atoms with E-state index < -0.39 is 0 Å². The first-order chi connectivity index (χ1) is 11.2. The quantitative estimate of drug-likeness (QED) is 0.874. The molecule has 1 aliphatic heterocycles. The summed E-state index contributed by atoms with van der Waals surface area (Å²) in [5.41, 5.74) is -0.197. The Bertz CT molecular complexity index is 753. The van der Waals surface area contributed by atoms with E-state index in [0.717, 1.165) is 31.3 Å². The van der Waals surface area contributed by atoms with Crippen LogP contribution < -0.4 is 5.56 Å². The van der Waals surface area contributed by atoms with Crippen LogP contribution in [0.5, 0.6) is 0 Å². The van der Waals surface area contributed by atoms with E-state index in [0.29, 0.717) is 11.3 Å². The van der Waals surface area contributed by atoms with Gasteiger partial charge in [-0.25, -0.2) is 4.68 Å². The summed E-state index contributed by atoms with van der Waals surface area (Å²) in [5, 5.41) is 5.57. The lowest BCUT2D eigenvalue weighted by Gasteiger charge is -2.20. The zero-order valence-electron chi connectivity index (χ0n) is 13.6. The Morgan fingerprint density at radius 3 is 2.91 bits per heavy atom. The van der Waals surface area contributed by atoms with Gasteiger partial charge in [0.05, 0.1) is 11.6 Å². The molecule has 0 aliphatic carbocycles. The van der Waals surface area contributed by atoms with Gasteiger partial charge in [-0.15, -0.1) is 0 Å². The van der Waals surface area contributed by atoms with Gasteiger partial charge < -0.3 is 4.90 Å². The summed E-state index contributed by atoms with van der Waals surface area (Å²) in [6.45, 7) is 3.82. The number of carbonyl (C=O) groups excluding carboxylic acids is 1. The minimum atomic E-state index is -0.197. The molecule has 0 bridgehead atoms. The largest absolute Gasteiger partial charge is 0.341 e. The van der Waals surface area contributed by atoms with E-state index in [1.165, 1.54) is 17.5 Å². The molecule has 1 aromatic carbocycles. The van der Waals surface area contributed by atoms with Crippen molar-refractivity contribution in [2.24, 2.45) is 5.92 Å². The molecule has 1 aromatic heterocycles. The van der Waals surface area contributed by atoms with E-state index in [9.17, 15) is 9.59 Å². The predicted octanol–water partition coefficient (Wildman–Crippen LogP) is 2.44. The summed E-state index contributed by atoms with van der Waals surface area (Å²) >= 11 is 0. The topological polar surface area (TPSA) is 55.2 Å². The Morgan fingerprint density at radius 2 is 2.09 bits per heavy atom. The molecule has 0 spiro atoms. The van der Waals surface area contributed by atoms with Crippen LogP contribution in [0.3, 0.4) is 0 Å². The lowest BCUT2D eigenvalue weighted by Crippen LogP contribution is -2.38. The van der Waals surface area contributed by atoms with E-state index in [1.54, 1.807) is 12.3 Å². The van der Waals surface area contributed by atoms with Crippen LogP contribution in [-0.2, 0) is 11.3 Å². The fourth-order valence-electron chi connectivity index (χ4n) is 3.29. The van der Waals surface area contributed by atoms with Crippen LogP contribution in [0, 0.1) is 5.92 Å². The molecule has 23 heavy (non-hydrogen) atoms. The number of aromatic nitrogens is 2. The van der Waals surface area contributed by atoms with Crippen LogP contribution >= 0.6 is 0 Å². The first-order valence-corrected chi connectivity index (χ1v) is 8.41. The molecule has 2 aromatic rings. The lowest BCUT2D eigenvalue weighted by atomic mass is 9.98. The number of hydrogen-bond acceptors (Lipinski definition) is 3. The van der Waals surface area contributed by atoms with Crippen molar-refractivity contribution in [3.05, 3.63) is 40.8 Å². The minimum absolute atomic E-state index is 0.00775. The van der Waals surface area contributed by atoms with Crippen molar-refractivity contribution in [1.29, 1.82) is 0 Å². The number of amides is 1. The molecular formula is C18H23N3O2. The van der Waals surface area contributed by atoms with Crippen LogP contribution in [0.25, 0.3) is 10.8 Å². The molecule has 5 heteroatoms. The molecule has 0 N–H and O–H groups in total. The summed E-state index contributed by atoms with van der Waals surface area (Å²) in [5.74, 6) is 0.709. The van der Waals surface area contributed by atoms with Crippen molar-refractivity contribution in [2.45, 2.75) is 39.2 Å². The van der Waals surface area contributed by atoms with Crippen LogP contribution in [0.2, 0.25) is 0 Å². The second kappa shape index (κ2) is 6.94. The Balaban J connectivity index is 1.75. The molecule has 1 atom stereocenters. The zero-order valence-corrected chi connectivity index (χ0v) is 13.6. The van der Waals surface area contributed by atoms with Crippen LogP contribution in [0.15, 0.2) is 35.3 Å². The van der Waals surface area contributed by atoms with Gasteiger partial charge in [0.15, 0.2) is 0 Å². The Hall–Kier alpha value is -2.17. The molecule has 3 rings (SSSR count). The van der Waals surface area contributed by atoms with Gasteiger partial charge in [-0.2, -0.15) is 5.10 Å². The van der Waals surface area contributed by atoms with Crippen LogP contribution in [0.4, 0.5) is 0 Å². The second-order valence-electron chi connectivity index (χ2n) is 6.28. The van der Waals surface area contributed by atoms with Gasteiger partial charge in [0.25, 0.3) is 5.56 Å². The van der Waals surface area contributed by atoms with Gasteiger partial charge in [0.2, 0.25) is 5.91 Å². The average Bonchev–Trinajstić information content (AvgIpc) is 2.83. The standard InChI is InChI=1S/C18H23N3O2/c1-2-14-6-5-10-20(11-9-14)17(22)13-21-18(23)16-8-4-3-7-15(16)12-19-21/h3-4,7-8,12,14H,2,5-6,9-11,13H2,1H3. The van der Waals surface area contributed by atoms with Crippen molar-refractivity contribution < 1.29 is 4.79 Å². The summed E-state index contributed by atoms with van der Waals surface area (Å²) in [4.78, 5) is 26.9. The maximum atomic E-state index is 12.5. The van der Waals surface area contributed by atoms with E-state index in [2.05, 4.69) is 12.0 Å². The third kappa shape index (κ3) is 3.44. The van der Waals surface area contributed by atoms with Crippen molar-refractivity contribution in [3.63, 3.8) is 0 Å². The maximum Gasteiger partial charge on any atom is 0.275 e. The molecule has 0 saturated carbocycles. The number of fused-ring (bicyclic) bond motifs is 1. The SMILES string of the molecule is CCC1CCCN(C(=O)Cn2ncc3ccccc3c2=O)CC1. The first kappa shape index (κ1) is 15.7. The van der Waals surface area contributed by atoms with Crippen molar-refractivity contribution in [1.82, 2.24) is 14.7 Å². The molecule has 1 fully saturated rings. The number of carbonyl (C=O) groups is 1. The number of benzene rings is 1. The average molecular weight is 313 g/mol. The van der Waals surface area contributed by atoms with Crippen LogP contribution in [-0.4, -0.2) is 33.7 Å². The highest BCUT2D eigenvalue weighted by atomic mass is 16.2. The van der Waals surface area contributed by atoms with Gasteiger partial charge in [-0.3, -0.25) is 9.59 Å². The van der Waals surface area contributed by atoms with Gasteiger partial charge in [0.1, 0.15) is 6.54 Å². The number of nitrogens with zero attached hydrogens (tertiary/aromatic N) is 3. The smallest absolute Gasteiger partial charge is 0.275 e. The number of likely N-dealkylation sites (tertiary alicyclic amines) is 1. The molecule has 2 heterocycles. The molecule has 1 saturated heterocycles. The summed E-state index contributed by atoms with van der Waals surface area (Å²) in [6, 6.07) is 7.34. The third-order valence-electron chi connectivity index (χ3n) is 4.82. The summed E-state index contributed by atoms with van der Waals surface area (Å²) < 4.78 is 1.28. The molecule has 0 radical (unpaired) electrons. The van der Waals surface area contributed by atoms with Crippen molar-refractivity contribution in [3.8, 4) is 0 Å². The lowest BCUT2D eigenvalue weighted by molar-refractivity contribution is -0.132. The second-order valence-corrected chi connectivity index (χ2v) is 6.28. The monoisotopic (exact) mass is 313 g/mol. The predicted molar refractivity (Wildman–Crippen MR) is 90.2 cm³/mol. The first-order valence-electron chi connectivity index (χ1n) is 8.41. The number of hydrogen-bond donors (Lipinski definition) is 0. The van der Waals surface area contributed by atoms with Crippen molar-refractivity contribution in [2.75, 3.05) is 13.1 Å². The van der Waals surface area contributed by atoms with E-state index in [-0.39, 0.29) is 18.0 Å². The zero-order chi connectivity index (χ0) is 16.2. The normalized spacial score (nSPS) is 18.8.